The van der Waals surface area contributed by atoms with E-state index in [1.165, 1.54) is 0 Å². The molecule has 1 aromatic carbocycles. The Morgan fingerprint density at radius 2 is 2.14 bits per heavy atom. The lowest BCUT2D eigenvalue weighted by molar-refractivity contribution is -0.138. The van der Waals surface area contributed by atoms with Crippen molar-refractivity contribution in [1.29, 1.82) is 0 Å². The summed E-state index contributed by atoms with van der Waals surface area (Å²) in [5, 5.41) is 8.90. The van der Waals surface area contributed by atoms with Gasteiger partial charge in [-0.3, -0.25) is 9.59 Å². The van der Waals surface area contributed by atoms with Crippen LogP contribution >= 0.6 is 0 Å². The van der Waals surface area contributed by atoms with Crippen molar-refractivity contribution in [1.82, 2.24) is 4.90 Å². The molecule has 1 saturated heterocycles. The second kappa shape index (κ2) is 7.11. The SMILES string of the molecule is CCOc1ccccc1C(=O)N1CCCC(CC(=O)O)C1. The van der Waals surface area contributed by atoms with Gasteiger partial charge in [0.1, 0.15) is 5.75 Å². The van der Waals surface area contributed by atoms with E-state index in [-0.39, 0.29) is 18.2 Å². The molecular formula is C16H21NO4. The molecule has 0 aromatic heterocycles. The highest BCUT2D eigenvalue weighted by atomic mass is 16.5. The zero-order valence-electron chi connectivity index (χ0n) is 12.2. The number of ether oxygens (including phenoxy) is 1. The summed E-state index contributed by atoms with van der Waals surface area (Å²) in [4.78, 5) is 25.2. The molecule has 0 saturated carbocycles. The second-order valence-corrected chi connectivity index (χ2v) is 5.29. The first-order valence-corrected chi connectivity index (χ1v) is 7.34. The minimum atomic E-state index is -0.802. The fraction of sp³-hybridized carbons (Fsp3) is 0.500. The number of piperidine rings is 1. The lowest BCUT2D eigenvalue weighted by atomic mass is 9.94. The summed E-state index contributed by atoms with van der Waals surface area (Å²) in [7, 11) is 0. The Hall–Kier alpha value is -2.04. The van der Waals surface area contributed by atoms with E-state index in [0.29, 0.717) is 31.0 Å². The van der Waals surface area contributed by atoms with Gasteiger partial charge < -0.3 is 14.7 Å². The minimum absolute atomic E-state index is 0.0412. The molecule has 1 atom stereocenters. The van der Waals surface area contributed by atoms with Crippen LogP contribution in [0.25, 0.3) is 0 Å². The molecule has 1 fully saturated rings. The Morgan fingerprint density at radius 3 is 2.86 bits per heavy atom. The number of carboxylic acid groups (broad SMARTS) is 1. The van der Waals surface area contributed by atoms with Gasteiger partial charge in [0.05, 0.1) is 12.2 Å². The zero-order valence-corrected chi connectivity index (χ0v) is 12.2. The number of nitrogens with zero attached hydrogens (tertiary/aromatic N) is 1. The van der Waals surface area contributed by atoms with E-state index in [0.717, 1.165) is 12.8 Å². The van der Waals surface area contributed by atoms with Crippen molar-refractivity contribution in [2.45, 2.75) is 26.2 Å². The number of hydrogen-bond donors (Lipinski definition) is 1. The largest absolute Gasteiger partial charge is 0.493 e. The second-order valence-electron chi connectivity index (χ2n) is 5.29. The standard InChI is InChI=1S/C16H21NO4/c1-2-21-14-8-4-3-7-13(14)16(20)17-9-5-6-12(11-17)10-15(18)19/h3-4,7-8,12H,2,5-6,9-11H2,1H3,(H,18,19). The Kier molecular flexibility index (Phi) is 5.20. The molecule has 114 valence electrons. The van der Waals surface area contributed by atoms with Crippen LogP contribution in [0.4, 0.5) is 0 Å². The Bertz CT molecular complexity index is 515. The average molecular weight is 291 g/mol. The molecule has 0 spiro atoms. The quantitative estimate of drug-likeness (QED) is 0.904. The van der Waals surface area contributed by atoms with Gasteiger partial charge in [-0.15, -0.1) is 0 Å². The first-order valence-electron chi connectivity index (χ1n) is 7.34. The van der Waals surface area contributed by atoms with Gasteiger partial charge in [0, 0.05) is 19.5 Å². The third-order valence-corrected chi connectivity index (χ3v) is 3.69. The highest BCUT2D eigenvalue weighted by molar-refractivity contribution is 5.97. The van der Waals surface area contributed by atoms with E-state index in [1.807, 2.05) is 19.1 Å². The molecule has 5 nitrogen and oxygen atoms in total. The van der Waals surface area contributed by atoms with E-state index in [9.17, 15) is 9.59 Å². The maximum Gasteiger partial charge on any atom is 0.303 e. The fourth-order valence-electron chi connectivity index (χ4n) is 2.76. The van der Waals surface area contributed by atoms with Gasteiger partial charge in [0.25, 0.3) is 5.91 Å². The molecule has 2 rings (SSSR count). The summed E-state index contributed by atoms with van der Waals surface area (Å²) in [6, 6.07) is 7.20. The third kappa shape index (κ3) is 3.97. The van der Waals surface area contributed by atoms with Gasteiger partial charge in [0.15, 0.2) is 0 Å². The molecule has 21 heavy (non-hydrogen) atoms. The summed E-state index contributed by atoms with van der Waals surface area (Å²) >= 11 is 0. The molecule has 1 aliphatic heterocycles. The first kappa shape index (κ1) is 15.4. The Balaban J connectivity index is 2.10. The van der Waals surface area contributed by atoms with Crippen molar-refractivity contribution in [3.05, 3.63) is 29.8 Å². The van der Waals surface area contributed by atoms with Crippen LogP contribution in [0.5, 0.6) is 5.75 Å². The van der Waals surface area contributed by atoms with Crippen LogP contribution in [0.3, 0.4) is 0 Å². The van der Waals surface area contributed by atoms with Crippen LogP contribution in [-0.4, -0.2) is 41.6 Å². The minimum Gasteiger partial charge on any atom is -0.493 e. The summed E-state index contributed by atoms with van der Waals surface area (Å²) in [6.07, 6.45) is 1.83. The molecule has 1 amide bonds. The van der Waals surface area contributed by atoms with Crippen molar-refractivity contribution in [2.75, 3.05) is 19.7 Å². The van der Waals surface area contributed by atoms with E-state index >= 15 is 0 Å². The van der Waals surface area contributed by atoms with Gasteiger partial charge in [-0.05, 0) is 37.8 Å². The third-order valence-electron chi connectivity index (χ3n) is 3.69. The lowest BCUT2D eigenvalue weighted by Gasteiger charge is -2.32. The number of hydrogen-bond acceptors (Lipinski definition) is 3. The highest BCUT2D eigenvalue weighted by Gasteiger charge is 2.27. The number of carbonyl (C=O) groups is 2. The van der Waals surface area contributed by atoms with Gasteiger partial charge in [-0.25, -0.2) is 0 Å². The predicted octanol–water partition coefficient (Wildman–Crippen LogP) is 2.41. The van der Waals surface area contributed by atoms with Crippen molar-refractivity contribution < 1.29 is 19.4 Å². The topological polar surface area (TPSA) is 66.8 Å². The molecular weight excluding hydrogens is 270 g/mol. The number of aliphatic carboxylic acids is 1. The number of para-hydroxylation sites is 1. The van der Waals surface area contributed by atoms with E-state index in [4.69, 9.17) is 9.84 Å². The smallest absolute Gasteiger partial charge is 0.303 e. The molecule has 0 radical (unpaired) electrons. The molecule has 5 heteroatoms. The number of carbonyl (C=O) groups excluding carboxylic acids is 1. The van der Waals surface area contributed by atoms with Crippen LogP contribution in [0, 0.1) is 5.92 Å². The van der Waals surface area contributed by atoms with Gasteiger partial charge in [-0.1, -0.05) is 12.1 Å². The van der Waals surface area contributed by atoms with Crippen molar-refractivity contribution in [2.24, 2.45) is 5.92 Å². The zero-order chi connectivity index (χ0) is 15.2. The monoisotopic (exact) mass is 291 g/mol. The van der Waals surface area contributed by atoms with Crippen molar-refractivity contribution in [3.8, 4) is 5.75 Å². The summed E-state index contributed by atoms with van der Waals surface area (Å²) < 4.78 is 5.50. The number of rotatable bonds is 5. The maximum absolute atomic E-state index is 12.6. The summed E-state index contributed by atoms with van der Waals surface area (Å²) in [5.74, 6) is -0.247. The van der Waals surface area contributed by atoms with Crippen LogP contribution in [0.2, 0.25) is 0 Å². The average Bonchev–Trinajstić information content (AvgIpc) is 2.47. The molecule has 1 aliphatic rings. The molecule has 0 aliphatic carbocycles. The van der Waals surface area contributed by atoms with E-state index in [1.54, 1.807) is 17.0 Å². The number of benzene rings is 1. The van der Waals surface area contributed by atoms with Crippen LogP contribution in [0.1, 0.15) is 36.5 Å². The molecule has 1 aromatic rings. The van der Waals surface area contributed by atoms with Gasteiger partial charge in [-0.2, -0.15) is 0 Å². The number of carboxylic acids is 1. The molecule has 0 bridgehead atoms. The van der Waals surface area contributed by atoms with Crippen LogP contribution < -0.4 is 4.74 Å². The molecule has 1 heterocycles. The van der Waals surface area contributed by atoms with Gasteiger partial charge >= 0.3 is 5.97 Å². The van der Waals surface area contributed by atoms with Crippen molar-refractivity contribution in [3.63, 3.8) is 0 Å². The summed E-state index contributed by atoms with van der Waals surface area (Å²) in [6.45, 7) is 3.57. The van der Waals surface area contributed by atoms with E-state index < -0.39 is 5.97 Å². The predicted molar refractivity (Wildman–Crippen MR) is 78.5 cm³/mol. The summed E-state index contributed by atoms with van der Waals surface area (Å²) in [5.41, 5.74) is 0.551. The number of amides is 1. The van der Waals surface area contributed by atoms with Gasteiger partial charge in [0.2, 0.25) is 0 Å². The first-order chi connectivity index (χ1) is 10.1. The fourth-order valence-corrected chi connectivity index (χ4v) is 2.76. The maximum atomic E-state index is 12.6. The Morgan fingerprint density at radius 1 is 1.38 bits per heavy atom. The van der Waals surface area contributed by atoms with E-state index in [2.05, 4.69) is 0 Å². The highest BCUT2D eigenvalue weighted by Crippen LogP contribution is 2.25. The van der Waals surface area contributed by atoms with Crippen LogP contribution in [0.15, 0.2) is 24.3 Å². The Labute approximate surface area is 124 Å². The van der Waals surface area contributed by atoms with Crippen LogP contribution in [-0.2, 0) is 4.79 Å². The number of likely N-dealkylation sites (tertiary alicyclic amines) is 1. The van der Waals surface area contributed by atoms with Crippen molar-refractivity contribution >= 4 is 11.9 Å². The molecule has 1 unspecified atom stereocenters. The normalized spacial score (nSPS) is 18.3. The lowest BCUT2D eigenvalue weighted by Crippen LogP contribution is -2.40. The molecule has 1 N–H and O–H groups in total.